The van der Waals surface area contributed by atoms with Crippen LogP contribution in [0.4, 0.5) is 0 Å². The molecule has 4 aromatic rings. The van der Waals surface area contributed by atoms with E-state index in [0.29, 0.717) is 0 Å². The van der Waals surface area contributed by atoms with E-state index in [2.05, 4.69) is 76.0 Å². The quantitative estimate of drug-likeness (QED) is 0.111. The Morgan fingerprint density at radius 2 is 1.76 bits per heavy atom. The second-order valence-corrected chi connectivity index (χ2v) is 15.4. The zero-order chi connectivity index (χ0) is 23.6. The first-order valence-corrected chi connectivity index (χ1v) is 15.0. The van der Waals surface area contributed by atoms with Crippen LogP contribution < -0.4 is 5.19 Å². The molecule has 0 bridgehead atoms. The van der Waals surface area contributed by atoms with Crippen LogP contribution in [0, 0.1) is 19.9 Å². The SMILES string of the molecule is CC(=O)/C=C(/C)O.Cc1[c-]c(-c2nccc3c2sc2cc([Si](C)(C)C)ccc23)cc(C)c1.[Ir]. The van der Waals surface area contributed by atoms with E-state index in [1.807, 2.05) is 17.5 Å². The number of fused-ring (bicyclic) bond motifs is 3. The molecular formula is C27H30IrNO2SSi-. The van der Waals surface area contributed by atoms with Crippen molar-refractivity contribution in [2.45, 2.75) is 47.3 Å². The van der Waals surface area contributed by atoms with Crippen LogP contribution >= 0.6 is 11.3 Å². The largest absolute Gasteiger partial charge is 0.512 e. The number of allylic oxidation sites excluding steroid dienone is 2. The van der Waals surface area contributed by atoms with Crippen LogP contribution in [-0.2, 0) is 24.9 Å². The van der Waals surface area contributed by atoms with Crippen molar-refractivity contribution in [3.05, 3.63) is 71.6 Å². The summed E-state index contributed by atoms with van der Waals surface area (Å²) in [5, 5.41) is 12.5. The van der Waals surface area contributed by atoms with Crippen molar-refractivity contribution in [2.75, 3.05) is 0 Å². The summed E-state index contributed by atoms with van der Waals surface area (Å²) in [4.78, 5) is 14.7. The Morgan fingerprint density at radius 3 is 2.30 bits per heavy atom. The summed E-state index contributed by atoms with van der Waals surface area (Å²) in [6.07, 6.45) is 3.10. The van der Waals surface area contributed by atoms with Gasteiger partial charge in [0.25, 0.3) is 0 Å². The van der Waals surface area contributed by atoms with Gasteiger partial charge >= 0.3 is 0 Å². The number of carbonyl (C=O) groups is 1. The number of aromatic nitrogens is 1. The fourth-order valence-electron chi connectivity index (χ4n) is 3.68. The van der Waals surface area contributed by atoms with Gasteiger partial charge in [0.1, 0.15) is 0 Å². The van der Waals surface area contributed by atoms with Gasteiger partial charge in [-0.1, -0.05) is 50.8 Å². The third kappa shape index (κ3) is 6.70. The van der Waals surface area contributed by atoms with Crippen molar-refractivity contribution in [1.82, 2.24) is 4.98 Å². The van der Waals surface area contributed by atoms with E-state index in [1.165, 1.54) is 50.8 Å². The molecule has 3 nitrogen and oxygen atoms in total. The fourth-order valence-corrected chi connectivity index (χ4v) is 6.18. The van der Waals surface area contributed by atoms with E-state index in [0.717, 1.165) is 16.8 Å². The molecule has 6 heteroatoms. The molecule has 2 aromatic heterocycles. The molecule has 0 aliphatic heterocycles. The summed E-state index contributed by atoms with van der Waals surface area (Å²) < 4.78 is 2.64. The molecule has 4 rings (SSSR count). The molecule has 0 saturated carbocycles. The number of aryl methyl sites for hydroxylation is 2. The van der Waals surface area contributed by atoms with Crippen LogP contribution in [0.15, 0.2) is 54.4 Å². The van der Waals surface area contributed by atoms with Crippen molar-refractivity contribution >= 4 is 50.6 Å². The second kappa shape index (κ2) is 10.9. The van der Waals surface area contributed by atoms with E-state index < -0.39 is 8.07 Å². The summed E-state index contributed by atoms with van der Waals surface area (Å²) in [6.45, 7) is 14.3. The third-order valence-electron chi connectivity index (χ3n) is 5.07. The van der Waals surface area contributed by atoms with Gasteiger partial charge in [0.2, 0.25) is 0 Å². The van der Waals surface area contributed by atoms with Crippen LogP contribution in [0.1, 0.15) is 25.0 Å². The summed E-state index contributed by atoms with van der Waals surface area (Å²) >= 11 is 1.86. The minimum absolute atomic E-state index is 0. The molecule has 1 N–H and O–H groups in total. The van der Waals surface area contributed by atoms with E-state index in [9.17, 15) is 4.79 Å². The van der Waals surface area contributed by atoms with Crippen LogP contribution in [0.2, 0.25) is 19.6 Å². The summed E-state index contributed by atoms with van der Waals surface area (Å²) in [7, 11) is -1.31. The molecule has 0 aliphatic carbocycles. The topological polar surface area (TPSA) is 50.2 Å². The first-order valence-electron chi connectivity index (χ1n) is 10.7. The van der Waals surface area contributed by atoms with Gasteiger partial charge < -0.3 is 10.1 Å². The molecule has 0 aliphatic rings. The number of nitrogens with zero attached hydrogens (tertiary/aromatic N) is 1. The maximum atomic E-state index is 10.0. The number of aliphatic hydroxyl groups excluding tert-OH is 1. The van der Waals surface area contributed by atoms with Gasteiger partial charge in [-0.15, -0.1) is 46.2 Å². The number of rotatable bonds is 3. The van der Waals surface area contributed by atoms with Crippen molar-refractivity contribution in [2.24, 2.45) is 0 Å². The number of pyridine rings is 1. The minimum atomic E-state index is -1.31. The molecule has 0 amide bonds. The number of ketones is 1. The Bertz CT molecular complexity index is 1310. The van der Waals surface area contributed by atoms with Gasteiger partial charge in [0.15, 0.2) is 5.78 Å². The Kier molecular flexibility index (Phi) is 8.94. The standard InChI is InChI=1S/C22H22NSSi.C5H8O2.Ir/c1-14-10-15(2)12-16(11-14)21-22-19(8-9-23-21)18-7-6-17(25(3,4)5)13-20(18)24-22;1-4(6)3-5(2)7;/h6-11,13H,1-5H3;3,6H,1-2H3;/q-1;;/b;4-3-;. The van der Waals surface area contributed by atoms with Crippen LogP contribution in [0.25, 0.3) is 31.4 Å². The number of hydrogen-bond donors (Lipinski definition) is 1. The monoisotopic (exact) mass is 653 g/mol. The van der Waals surface area contributed by atoms with Crippen LogP contribution in [0.3, 0.4) is 0 Å². The average molecular weight is 653 g/mol. The maximum absolute atomic E-state index is 10.0. The zero-order valence-corrected chi connectivity index (χ0v) is 24.4. The number of thiophene rings is 1. The predicted octanol–water partition coefficient (Wildman–Crippen LogP) is 7.11. The molecular weight excluding hydrogens is 623 g/mol. The van der Waals surface area contributed by atoms with E-state index in [1.54, 1.807) is 0 Å². The molecule has 175 valence electrons. The molecule has 0 fully saturated rings. The summed E-state index contributed by atoms with van der Waals surface area (Å²) in [5.74, 6) is -0.0625. The molecule has 0 atom stereocenters. The first-order chi connectivity index (χ1) is 15.0. The summed E-state index contributed by atoms with van der Waals surface area (Å²) in [6, 6.07) is 17.0. The van der Waals surface area contributed by atoms with Gasteiger partial charge in [-0.2, -0.15) is 0 Å². The Morgan fingerprint density at radius 1 is 1.06 bits per heavy atom. The van der Waals surface area contributed by atoms with E-state index >= 15 is 0 Å². The molecule has 0 saturated heterocycles. The second-order valence-electron chi connectivity index (χ2n) is 9.25. The molecule has 33 heavy (non-hydrogen) atoms. The van der Waals surface area contributed by atoms with Crippen molar-refractivity contribution in [1.29, 1.82) is 0 Å². The van der Waals surface area contributed by atoms with Crippen molar-refractivity contribution < 1.29 is 30.0 Å². The van der Waals surface area contributed by atoms with Gasteiger partial charge in [0.05, 0.1) is 13.8 Å². The minimum Gasteiger partial charge on any atom is -0.512 e. The smallest absolute Gasteiger partial charge is 0.155 e. The van der Waals surface area contributed by atoms with Gasteiger partial charge in [-0.05, 0) is 36.8 Å². The van der Waals surface area contributed by atoms with Crippen molar-refractivity contribution in [3.8, 4) is 11.3 Å². The van der Waals surface area contributed by atoms with Gasteiger partial charge in [-0.25, -0.2) is 0 Å². The number of carbonyl (C=O) groups excluding carboxylic acids is 1. The Balaban J connectivity index is 0.000000423. The Labute approximate surface area is 214 Å². The van der Waals surface area contributed by atoms with Gasteiger partial charge in [0, 0.05) is 47.5 Å². The van der Waals surface area contributed by atoms with Crippen molar-refractivity contribution in [3.63, 3.8) is 0 Å². The van der Waals surface area contributed by atoms with E-state index in [-0.39, 0.29) is 31.6 Å². The molecule has 0 unspecified atom stereocenters. The average Bonchev–Trinajstić information content (AvgIpc) is 3.03. The molecule has 2 heterocycles. The van der Waals surface area contributed by atoms with Gasteiger partial charge in [-0.3, -0.25) is 4.79 Å². The first kappa shape index (κ1) is 27.1. The Hall–Kier alpha value is -2.11. The molecule has 1 radical (unpaired) electrons. The predicted molar refractivity (Wildman–Crippen MR) is 141 cm³/mol. The number of aliphatic hydroxyl groups is 1. The fraction of sp³-hybridized carbons (Fsp3) is 0.259. The summed E-state index contributed by atoms with van der Waals surface area (Å²) in [5.41, 5.74) is 4.57. The molecule has 2 aromatic carbocycles. The maximum Gasteiger partial charge on any atom is 0.155 e. The number of benzene rings is 2. The third-order valence-corrected chi connectivity index (χ3v) is 8.29. The molecule has 0 spiro atoms. The van der Waals surface area contributed by atoms with E-state index in [4.69, 9.17) is 10.1 Å². The van der Waals surface area contributed by atoms with Crippen LogP contribution in [-0.4, -0.2) is 23.9 Å². The zero-order valence-electron chi connectivity index (χ0n) is 20.2. The van der Waals surface area contributed by atoms with Crippen LogP contribution in [0.5, 0.6) is 0 Å². The number of hydrogen-bond acceptors (Lipinski definition) is 4. The normalized spacial score (nSPS) is 11.7.